The number of fused-ring (bicyclic) bond motifs is 1. The summed E-state index contributed by atoms with van der Waals surface area (Å²) in [5.41, 5.74) is 4.76. The number of halogens is 1. The first kappa shape index (κ1) is 14.7. The predicted octanol–water partition coefficient (Wildman–Crippen LogP) is 6.07. The summed E-state index contributed by atoms with van der Waals surface area (Å²) in [6.45, 7) is 0. The zero-order valence-electron chi connectivity index (χ0n) is 12.8. The largest absolute Gasteiger partial charge is 0.437 e. The summed E-state index contributed by atoms with van der Waals surface area (Å²) in [6.07, 6.45) is 1.96. The van der Waals surface area contributed by atoms with Crippen LogP contribution in [-0.2, 0) is 0 Å². The summed E-state index contributed by atoms with van der Waals surface area (Å²) in [7, 11) is 0. The number of aromatic nitrogens is 1. The van der Waals surface area contributed by atoms with Gasteiger partial charge in [0.05, 0.1) is 0 Å². The fraction of sp³-hybridized carbons (Fsp3) is 0. The van der Waals surface area contributed by atoms with Gasteiger partial charge in [-0.25, -0.2) is 4.98 Å². The minimum absolute atomic E-state index is 0.579. The molecule has 0 saturated carbocycles. The average molecular weight is 332 g/mol. The van der Waals surface area contributed by atoms with Crippen molar-refractivity contribution in [2.24, 2.45) is 0 Å². The third-order valence-corrected chi connectivity index (χ3v) is 4.03. The molecule has 0 saturated heterocycles. The number of oxazole rings is 1. The molecule has 0 bridgehead atoms. The van der Waals surface area contributed by atoms with Crippen molar-refractivity contribution in [3.05, 3.63) is 101 Å². The van der Waals surface area contributed by atoms with Crippen LogP contribution in [0.3, 0.4) is 0 Å². The van der Waals surface area contributed by atoms with Gasteiger partial charge < -0.3 is 4.42 Å². The molecule has 0 fully saturated rings. The summed E-state index contributed by atoms with van der Waals surface area (Å²) >= 11 is 6.18. The van der Waals surface area contributed by atoms with E-state index in [9.17, 15) is 0 Å². The molecule has 0 N–H and O–H groups in total. The fourth-order valence-electron chi connectivity index (χ4n) is 2.68. The molecule has 24 heavy (non-hydrogen) atoms. The molecule has 0 amide bonds. The summed E-state index contributed by atoms with van der Waals surface area (Å²) in [5, 5.41) is 0.701. The minimum atomic E-state index is 0.579. The molecule has 4 aromatic rings. The van der Waals surface area contributed by atoms with E-state index >= 15 is 0 Å². The number of nitrogens with zero attached hydrogens (tertiary/aromatic N) is 1. The van der Waals surface area contributed by atoms with E-state index in [4.69, 9.17) is 16.0 Å². The van der Waals surface area contributed by atoms with Gasteiger partial charge in [-0.15, -0.1) is 0 Å². The van der Waals surface area contributed by atoms with Crippen molar-refractivity contribution in [3.63, 3.8) is 0 Å². The lowest BCUT2D eigenvalue weighted by Crippen LogP contribution is -1.88. The molecule has 1 aromatic heterocycles. The molecule has 0 aliphatic carbocycles. The first-order valence-electron chi connectivity index (χ1n) is 7.68. The Balaban J connectivity index is 1.88. The van der Waals surface area contributed by atoms with Crippen molar-refractivity contribution in [1.82, 2.24) is 4.98 Å². The highest BCUT2D eigenvalue weighted by Crippen LogP contribution is 2.28. The Bertz CT molecular complexity index is 985. The van der Waals surface area contributed by atoms with Crippen LogP contribution in [0.5, 0.6) is 0 Å². The predicted molar refractivity (Wildman–Crippen MR) is 98.9 cm³/mol. The van der Waals surface area contributed by atoms with Crippen molar-refractivity contribution in [2.45, 2.75) is 0 Å². The van der Waals surface area contributed by atoms with Gasteiger partial charge in [-0.2, -0.15) is 0 Å². The Morgan fingerprint density at radius 3 is 2.38 bits per heavy atom. The maximum atomic E-state index is 6.18. The first-order chi connectivity index (χ1) is 11.8. The molecule has 0 aliphatic rings. The molecular formula is C21H14ClNO. The molecule has 4 rings (SSSR count). The van der Waals surface area contributed by atoms with Gasteiger partial charge in [-0.1, -0.05) is 66.2 Å². The van der Waals surface area contributed by atoms with Gasteiger partial charge in [0.1, 0.15) is 5.52 Å². The van der Waals surface area contributed by atoms with Gasteiger partial charge in [0.15, 0.2) is 5.58 Å². The second-order valence-corrected chi connectivity index (χ2v) is 5.89. The molecule has 0 unspecified atom stereocenters. The van der Waals surface area contributed by atoms with E-state index in [1.165, 1.54) is 0 Å². The molecule has 0 radical (unpaired) electrons. The minimum Gasteiger partial charge on any atom is -0.437 e. The Morgan fingerprint density at radius 1 is 0.833 bits per heavy atom. The Labute approximate surface area is 145 Å². The number of hydrogen-bond acceptors (Lipinski definition) is 2. The summed E-state index contributed by atoms with van der Waals surface area (Å²) in [5.74, 6) is 0.579. The van der Waals surface area contributed by atoms with Crippen molar-refractivity contribution >= 4 is 34.3 Å². The van der Waals surface area contributed by atoms with Gasteiger partial charge in [0.2, 0.25) is 5.89 Å². The quantitative estimate of drug-likeness (QED) is 0.455. The van der Waals surface area contributed by atoms with Crippen LogP contribution >= 0.6 is 11.6 Å². The van der Waals surface area contributed by atoms with E-state index in [2.05, 4.69) is 17.1 Å². The molecule has 2 nitrogen and oxygen atoms in total. The normalized spacial score (nSPS) is 11.8. The molecule has 1 heterocycles. The second kappa shape index (κ2) is 6.34. The highest BCUT2D eigenvalue weighted by atomic mass is 35.5. The Kier molecular flexibility index (Phi) is 3.89. The van der Waals surface area contributed by atoms with Crippen LogP contribution in [0.4, 0.5) is 0 Å². The van der Waals surface area contributed by atoms with E-state index in [0.717, 1.165) is 27.8 Å². The smallest absolute Gasteiger partial charge is 0.220 e. The zero-order valence-corrected chi connectivity index (χ0v) is 13.6. The highest BCUT2D eigenvalue weighted by Gasteiger charge is 2.09. The third kappa shape index (κ3) is 2.97. The summed E-state index contributed by atoms with van der Waals surface area (Å²) < 4.78 is 5.85. The number of benzene rings is 3. The van der Waals surface area contributed by atoms with E-state index < -0.39 is 0 Å². The van der Waals surface area contributed by atoms with E-state index in [1.54, 1.807) is 0 Å². The fourth-order valence-corrected chi connectivity index (χ4v) is 2.87. The lowest BCUT2D eigenvalue weighted by Gasteiger charge is -2.08. The zero-order chi connectivity index (χ0) is 16.4. The highest BCUT2D eigenvalue weighted by molar-refractivity contribution is 6.30. The first-order valence-corrected chi connectivity index (χ1v) is 8.06. The third-order valence-electron chi connectivity index (χ3n) is 3.80. The maximum absolute atomic E-state index is 6.18. The van der Waals surface area contributed by atoms with Gasteiger partial charge in [0, 0.05) is 11.1 Å². The standard InChI is InChI=1S/C21H14ClNO/c22-17-10-6-9-16(13-17)18(15-7-2-1-3-8-15)14-21-23-19-11-4-5-12-20(19)24-21/h1-14H/b18-14+. The van der Waals surface area contributed by atoms with Crippen molar-refractivity contribution < 1.29 is 4.42 Å². The van der Waals surface area contributed by atoms with Crippen LogP contribution in [0, 0.1) is 0 Å². The molecule has 0 aliphatic heterocycles. The number of rotatable bonds is 3. The Hall–Kier alpha value is -2.84. The van der Waals surface area contributed by atoms with Crippen molar-refractivity contribution in [2.75, 3.05) is 0 Å². The number of para-hydroxylation sites is 2. The lowest BCUT2D eigenvalue weighted by molar-refractivity contribution is 0.589. The maximum Gasteiger partial charge on any atom is 0.220 e. The van der Waals surface area contributed by atoms with Crippen LogP contribution in [0.2, 0.25) is 5.02 Å². The van der Waals surface area contributed by atoms with Crippen LogP contribution in [-0.4, -0.2) is 4.98 Å². The van der Waals surface area contributed by atoms with Crippen molar-refractivity contribution in [1.29, 1.82) is 0 Å². The summed E-state index contributed by atoms with van der Waals surface area (Å²) in [4.78, 5) is 4.55. The van der Waals surface area contributed by atoms with E-state index in [0.29, 0.717) is 10.9 Å². The average Bonchev–Trinajstić information content (AvgIpc) is 3.03. The summed E-state index contributed by atoms with van der Waals surface area (Å²) in [6, 6.07) is 25.7. The lowest BCUT2D eigenvalue weighted by atomic mass is 9.97. The molecule has 3 heteroatoms. The molecule has 116 valence electrons. The topological polar surface area (TPSA) is 26.0 Å². The van der Waals surface area contributed by atoms with Gasteiger partial charge >= 0.3 is 0 Å². The van der Waals surface area contributed by atoms with Crippen molar-refractivity contribution in [3.8, 4) is 0 Å². The SMILES string of the molecule is Clc1cccc(/C(=C/c2nc3ccccc3o2)c2ccccc2)c1. The van der Waals surface area contributed by atoms with Gasteiger partial charge in [-0.05, 0) is 41.0 Å². The molecule has 3 aromatic carbocycles. The van der Waals surface area contributed by atoms with Crippen LogP contribution < -0.4 is 0 Å². The molecule has 0 atom stereocenters. The van der Waals surface area contributed by atoms with Crippen LogP contribution in [0.1, 0.15) is 17.0 Å². The Morgan fingerprint density at radius 2 is 1.58 bits per heavy atom. The van der Waals surface area contributed by atoms with E-state index in [1.807, 2.05) is 72.8 Å². The van der Waals surface area contributed by atoms with E-state index in [-0.39, 0.29) is 0 Å². The number of hydrogen-bond donors (Lipinski definition) is 0. The van der Waals surface area contributed by atoms with Crippen LogP contribution in [0.15, 0.2) is 83.3 Å². The molecule has 0 spiro atoms. The van der Waals surface area contributed by atoms with Gasteiger partial charge in [-0.3, -0.25) is 0 Å². The monoisotopic (exact) mass is 331 g/mol. The molecular weight excluding hydrogens is 318 g/mol. The van der Waals surface area contributed by atoms with Gasteiger partial charge in [0.25, 0.3) is 0 Å². The van der Waals surface area contributed by atoms with Crippen LogP contribution in [0.25, 0.3) is 22.7 Å². The second-order valence-electron chi connectivity index (χ2n) is 5.45.